The number of hydrogen-bond acceptors (Lipinski definition) is 5. The standard InChI is InChI=1S/C23H33ClN4O3/c1-28(14-16-8-11-30-12-9-16)15-20-26-19-13-18(24)21-17(22(19)31-20)7-5-3-2-4-6-10-25-23(29)27-21/h13,16H,2-12,14-15H2,1H3,(H2,25,27,29). The Morgan fingerprint density at radius 1 is 1.19 bits per heavy atom. The fourth-order valence-corrected chi connectivity index (χ4v) is 4.83. The number of carbonyl (C=O) groups is 1. The zero-order valence-corrected chi connectivity index (χ0v) is 19.1. The van der Waals surface area contributed by atoms with Gasteiger partial charge in [-0.1, -0.05) is 30.9 Å². The van der Waals surface area contributed by atoms with Crippen molar-refractivity contribution in [2.45, 2.75) is 57.9 Å². The maximum atomic E-state index is 12.3. The molecular weight excluding hydrogens is 416 g/mol. The van der Waals surface area contributed by atoms with Gasteiger partial charge in [0.25, 0.3) is 0 Å². The molecule has 7 nitrogen and oxygen atoms in total. The Labute approximate surface area is 188 Å². The van der Waals surface area contributed by atoms with Crippen molar-refractivity contribution in [3.63, 3.8) is 0 Å². The number of rotatable bonds is 4. The second-order valence-electron chi connectivity index (χ2n) is 8.82. The van der Waals surface area contributed by atoms with E-state index in [1.165, 1.54) is 6.42 Å². The number of carbonyl (C=O) groups excluding carboxylic acids is 1. The van der Waals surface area contributed by atoms with Gasteiger partial charge >= 0.3 is 6.03 Å². The molecule has 2 amide bonds. The van der Waals surface area contributed by atoms with E-state index < -0.39 is 0 Å². The number of urea groups is 1. The summed E-state index contributed by atoms with van der Waals surface area (Å²) in [7, 11) is 2.11. The van der Waals surface area contributed by atoms with Gasteiger partial charge in [-0.25, -0.2) is 9.78 Å². The van der Waals surface area contributed by atoms with Crippen LogP contribution in [0.25, 0.3) is 11.1 Å². The van der Waals surface area contributed by atoms with Crippen molar-refractivity contribution in [3.05, 3.63) is 22.5 Å². The first-order valence-corrected chi connectivity index (χ1v) is 11.9. The number of anilines is 1. The molecule has 31 heavy (non-hydrogen) atoms. The molecule has 0 saturated carbocycles. The van der Waals surface area contributed by atoms with E-state index in [4.69, 9.17) is 25.7 Å². The monoisotopic (exact) mass is 448 g/mol. The highest BCUT2D eigenvalue weighted by molar-refractivity contribution is 6.34. The molecule has 1 saturated heterocycles. The zero-order chi connectivity index (χ0) is 21.6. The molecule has 1 fully saturated rings. The Morgan fingerprint density at radius 3 is 2.81 bits per heavy atom. The van der Waals surface area contributed by atoms with Crippen molar-refractivity contribution >= 4 is 34.4 Å². The summed E-state index contributed by atoms with van der Waals surface area (Å²) in [5.74, 6) is 1.34. The zero-order valence-electron chi connectivity index (χ0n) is 18.3. The van der Waals surface area contributed by atoms with E-state index in [1.807, 2.05) is 0 Å². The lowest BCUT2D eigenvalue weighted by molar-refractivity contribution is 0.0541. The van der Waals surface area contributed by atoms with Gasteiger partial charge in [-0.05, 0) is 51.1 Å². The van der Waals surface area contributed by atoms with E-state index >= 15 is 0 Å². The van der Waals surface area contributed by atoms with Crippen LogP contribution in [0, 0.1) is 5.92 Å². The lowest BCUT2D eigenvalue weighted by Crippen LogP contribution is -2.30. The minimum atomic E-state index is -0.223. The quantitative estimate of drug-likeness (QED) is 0.690. The molecule has 0 aliphatic carbocycles. The number of benzene rings is 1. The van der Waals surface area contributed by atoms with Crippen LogP contribution in [0.4, 0.5) is 10.5 Å². The predicted molar refractivity (Wildman–Crippen MR) is 123 cm³/mol. The van der Waals surface area contributed by atoms with Crippen LogP contribution in [0.5, 0.6) is 0 Å². The maximum absolute atomic E-state index is 12.3. The van der Waals surface area contributed by atoms with Crippen LogP contribution in [-0.4, -0.2) is 49.3 Å². The van der Waals surface area contributed by atoms with Gasteiger partial charge in [0.1, 0.15) is 5.52 Å². The molecule has 0 bridgehead atoms. The van der Waals surface area contributed by atoms with Crippen LogP contribution in [0.2, 0.25) is 5.02 Å². The molecule has 2 aliphatic rings. The fraction of sp³-hybridized carbons (Fsp3) is 0.652. The van der Waals surface area contributed by atoms with Gasteiger partial charge < -0.3 is 19.8 Å². The minimum Gasteiger partial charge on any atom is -0.439 e. The van der Waals surface area contributed by atoms with E-state index in [-0.39, 0.29) is 6.03 Å². The summed E-state index contributed by atoms with van der Waals surface area (Å²) in [5.41, 5.74) is 3.09. The number of halogens is 1. The summed E-state index contributed by atoms with van der Waals surface area (Å²) in [6, 6.07) is 1.58. The summed E-state index contributed by atoms with van der Waals surface area (Å²) in [6.07, 6.45) is 8.50. The summed E-state index contributed by atoms with van der Waals surface area (Å²) in [5, 5.41) is 6.37. The molecule has 0 spiro atoms. The first kappa shape index (κ1) is 22.4. The lowest BCUT2D eigenvalue weighted by Gasteiger charge is -2.26. The summed E-state index contributed by atoms with van der Waals surface area (Å²) in [4.78, 5) is 19.3. The van der Waals surface area contributed by atoms with Crippen molar-refractivity contribution in [1.82, 2.24) is 15.2 Å². The second kappa shape index (κ2) is 10.7. The molecule has 4 rings (SSSR count). The number of amides is 2. The van der Waals surface area contributed by atoms with E-state index in [0.717, 1.165) is 81.4 Å². The average Bonchev–Trinajstić information content (AvgIpc) is 3.12. The van der Waals surface area contributed by atoms with Crippen LogP contribution in [0.1, 0.15) is 56.4 Å². The molecule has 0 atom stereocenters. The third kappa shape index (κ3) is 5.90. The second-order valence-corrected chi connectivity index (χ2v) is 9.23. The van der Waals surface area contributed by atoms with Crippen LogP contribution in [-0.2, 0) is 17.7 Å². The molecule has 1 aromatic heterocycles. The van der Waals surface area contributed by atoms with Gasteiger partial charge in [0.2, 0.25) is 5.89 Å². The Hall–Kier alpha value is -1.83. The van der Waals surface area contributed by atoms with E-state index in [9.17, 15) is 4.79 Å². The van der Waals surface area contributed by atoms with E-state index in [1.54, 1.807) is 6.07 Å². The Kier molecular flexibility index (Phi) is 7.69. The van der Waals surface area contributed by atoms with E-state index in [0.29, 0.717) is 35.6 Å². The first-order chi connectivity index (χ1) is 15.1. The van der Waals surface area contributed by atoms with Crippen LogP contribution in [0.3, 0.4) is 0 Å². The number of hydrogen-bond donors (Lipinski definition) is 2. The third-order valence-electron chi connectivity index (χ3n) is 6.22. The van der Waals surface area contributed by atoms with Gasteiger partial charge in [0.15, 0.2) is 5.58 Å². The summed E-state index contributed by atoms with van der Waals surface area (Å²) < 4.78 is 11.7. The van der Waals surface area contributed by atoms with Crippen molar-refractivity contribution in [1.29, 1.82) is 0 Å². The predicted octanol–water partition coefficient (Wildman–Crippen LogP) is 4.97. The first-order valence-electron chi connectivity index (χ1n) is 11.5. The SMILES string of the molecule is CN(Cc1nc2cc(Cl)c3c(c2o1)CCCCCCCNC(=O)N3)CC1CCOCC1. The number of ether oxygens (including phenoxy) is 1. The molecular formula is C23H33ClN4O3. The van der Waals surface area contributed by atoms with Gasteiger partial charge in [-0.2, -0.15) is 0 Å². The molecule has 0 radical (unpaired) electrons. The number of fused-ring (bicyclic) bond motifs is 3. The average molecular weight is 449 g/mol. The Bertz CT molecular complexity index is 895. The molecule has 2 aromatic rings. The van der Waals surface area contributed by atoms with Gasteiger partial charge in [0, 0.05) is 31.9 Å². The number of oxazole rings is 1. The van der Waals surface area contributed by atoms with Crippen LogP contribution >= 0.6 is 11.6 Å². The lowest BCUT2D eigenvalue weighted by atomic mass is 10.00. The minimum absolute atomic E-state index is 0.223. The van der Waals surface area contributed by atoms with Gasteiger partial charge in [-0.15, -0.1) is 0 Å². The molecule has 2 aliphatic heterocycles. The fourth-order valence-electron chi connectivity index (χ4n) is 4.57. The Balaban J connectivity index is 1.56. The highest BCUT2D eigenvalue weighted by Crippen LogP contribution is 2.35. The van der Waals surface area contributed by atoms with Crippen LogP contribution < -0.4 is 10.6 Å². The van der Waals surface area contributed by atoms with E-state index in [2.05, 4.69) is 22.6 Å². The third-order valence-corrected chi connectivity index (χ3v) is 6.52. The number of aryl methyl sites for hydroxylation is 1. The summed E-state index contributed by atoms with van der Waals surface area (Å²) >= 11 is 6.58. The largest absolute Gasteiger partial charge is 0.439 e. The van der Waals surface area contributed by atoms with Crippen LogP contribution in [0.15, 0.2) is 10.5 Å². The van der Waals surface area contributed by atoms with Crippen molar-refractivity contribution in [3.8, 4) is 0 Å². The van der Waals surface area contributed by atoms with Crippen molar-refractivity contribution in [2.24, 2.45) is 5.92 Å². The molecule has 8 heteroatoms. The molecule has 2 N–H and O–H groups in total. The van der Waals surface area contributed by atoms with Crippen molar-refractivity contribution in [2.75, 3.05) is 38.7 Å². The molecule has 1 aromatic carbocycles. The molecule has 170 valence electrons. The highest BCUT2D eigenvalue weighted by atomic mass is 35.5. The van der Waals surface area contributed by atoms with Gasteiger partial charge in [-0.3, -0.25) is 4.90 Å². The normalized spacial score (nSPS) is 19.4. The topological polar surface area (TPSA) is 79.6 Å². The number of nitrogens with zero attached hydrogens (tertiary/aromatic N) is 2. The molecule has 3 heterocycles. The molecule has 0 unspecified atom stereocenters. The smallest absolute Gasteiger partial charge is 0.319 e. The number of nitrogens with one attached hydrogen (secondary N) is 2. The summed E-state index contributed by atoms with van der Waals surface area (Å²) in [6.45, 7) is 4.03. The Morgan fingerprint density at radius 2 is 1.97 bits per heavy atom. The van der Waals surface area contributed by atoms with Gasteiger partial charge in [0.05, 0.1) is 17.3 Å². The highest BCUT2D eigenvalue weighted by Gasteiger charge is 2.21. The van der Waals surface area contributed by atoms with Crippen molar-refractivity contribution < 1.29 is 13.9 Å². The number of aromatic nitrogens is 1. The maximum Gasteiger partial charge on any atom is 0.319 e.